The van der Waals surface area contributed by atoms with E-state index in [0.29, 0.717) is 37.0 Å². The van der Waals surface area contributed by atoms with Crippen LogP contribution in [0.15, 0.2) is 30.3 Å². The summed E-state index contributed by atoms with van der Waals surface area (Å²) in [5.74, 6) is -0.362. The van der Waals surface area contributed by atoms with Gasteiger partial charge < -0.3 is 20.3 Å². The van der Waals surface area contributed by atoms with Crippen molar-refractivity contribution in [2.24, 2.45) is 0 Å². The molecule has 0 bridgehead atoms. The zero-order valence-corrected chi connectivity index (χ0v) is 15.2. The van der Waals surface area contributed by atoms with Crippen LogP contribution < -0.4 is 10.6 Å². The molecule has 1 aromatic carbocycles. The number of thiocarbonyl (C=S) groups is 1. The number of carbonyl (C=O) groups excluding carboxylic acids is 1. The van der Waals surface area contributed by atoms with Gasteiger partial charge in [-0.1, -0.05) is 53.0 Å². The molecule has 1 aliphatic rings. The molecular weight excluding hydrogens is 381 g/mol. The van der Waals surface area contributed by atoms with E-state index < -0.39 is 9.96 Å². The molecule has 1 aliphatic heterocycles. The highest BCUT2D eigenvalue weighted by Crippen LogP contribution is 2.29. The highest BCUT2D eigenvalue weighted by Gasteiger charge is 2.35. The van der Waals surface area contributed by atoms with Gasteiger partial charge in [-0.2, -0.15) is 0 Å². The molecule has 0 radical (unpaired) electrons. The summed E-state index contributed by atoms with van der Waals surface area (Å²) < 4.78 is 3.50. The van der Waals surface area contributed by atoms with Crippen LogP contribution in [0.1, 0.15) is 10.4 Å². The zero-order valence-electron chi connectivity index (χ0n) is 12.1. The molecule has 0 saturated carbocycles. The van der Waals surface area contributed by atoms with Crippen molar-refractivity contribution in [3.8, 4) is 0 Å². The number of rotatable bonds is 3. The van der Waals surface area contributed by atoms with Gasteiger partial charge >= 0.3 is 0 Å². The predicted molar refractivity (Wildman–Crippen MR) is 96.1 cm³/mol. The minimum atomic E-state index is -1.76. The van der Waals surface area contributed by atoms with Gasteiger partial charge in [-0.25, -0.2) is 0 Å². The van der Waals surface area contributed by atoms with Crippen molar-refractivity contribution in [1.29, 1.82) is 0 Å². The highest BCUT2D eigenvalue weighted by atomic mass is 35.6. The topological polar surface area (TPSA) is 53.6 Å². The average molecular weight is 397 g/mol. The Morgan fingerprint density at radius 3 is 2.35 bits per heavy atom. The molecule has 9 heteroatoms. The van der Waals surface area contributed by atoms with E-state index in [1.165, 1.54) is 0 Å². The molecule has 0 spiro atoms. The maximum Gasteiger partial charge on any atom is 0.252 e. The van der Waals surface area contributed by atoms with Crippen molar-refractivity contribution >= 4 is 58.0 Å². The van der Waals surface area contributed by atoms with Crippen LogP contribution in [0.4, 0.5) is 0 Å². The van der Waals surface area contributed by atoms with Crippen LogP contribution in [0.2, 0.25) is 0 Å². The zero-order chi connectivity index (χ0) is 16.9. The summed E-state index contributed by atoms with van der Waals surface area (Å²) in [7, 11) is 0. The first-order valence-corrected chi connectivity index (χ1v) is 8.48. The third-order valence-electron chi connectivity index (χ3n) is 3.20. The molecule has 1 atom stereocenters. The van der Waals surface area contributed by atoms with Crippen LogP contribution >= 0.6 is 47.0 Å². The molecule has 126 valence electrons. The highest BCUT2D eigenvalue weighted by molar-refractivity contribution is 7.80. The fraction of sp³-hybridized carbons (Fsp3) is 0.429. The summed E-state index contributed by atoms with van der Waals surface area (Å²) in [5, 5.41) is 5.95. The third-order valence-corrected chi connectivity index (χ3v) is 4.24. The van der Waals surface area contributed by atoms with E-state index in [-0.39, 0.29) is 5.91 Å². The van der Waals surface area contributed by atoms with Crippen molar-refractivity contribution in [1.82, 2.24) is 15.5 Å². The minimum absolute atomic E-state index is 0.362. The lowest BCUT2D eigenvalue weighted by Gasteiger charge is -2.34. The molecule has 0 unspecified atom stereocenters. The summed E-state index contributed by atoms with van der Waals surface area (Å²) in [5.41, 5.74) is 0.464. The molecule has 1 amide bonds. The second kappa shape index (κ2) is 8.35. The van der Waals surface area contributed by atoms with E-state index in [9.17, 15) is 4.79 Å². The van der Waals surface area contributed by atoms with Gasteiger partial charge in [-0.05, 0) is 24.4 Å². The van der Waals surface area contributed by atoms with Gasteiger partial charge in [-0.3, -0.25) is 4.79 Å². The lowest BCUT2D eigenvalue weighted by Crippen LogP contribution is -2.59. The maximum absolute atomic E-state index is 12.3. The number of morpholine rings is 1. The number of amides is 1. The molecule has 0 aliphatic carbocycles. The summed E-state index contributed by atoms with van der Waals surface area (Å²) in [4.78, 5) is 14.2. The summed E-state index contributed by atoms with van der Waals surface area (Å²) in [6.07, 6.45) is -0.962. The number of nitrogens with zero attached hydrogens (tertiary/aromatic N) is 1. The van der Waals surface area contributed by atoms with Crippen LogP contribution in [-0.2, 0) is 4.74 Å². The lowest BCUT2D eigenvalue weighted by molar-refractivity contribution is 0.0671. The van der Waals surface area contributed by atoms with Gasteiger partial charge in [0.25, 0.3) is 5.91 Å². The number of benzene rings is 1. The Balaban J connectivity index is 2.02. The van der Waals surface area contributed by atoms with E-state index in [1.54, 1.807) is 24.3 Å². The van der Waals surface area contributed by atoms with Crippen LogP contribution in [0.3, 0.4) is 0 Å². The molecule has 5 nitrogen and oxygen atoms in total. The van der Waals surface area contributed by atoms with Gasteiger partial charge in [0.1, 0.15) is 6.17 Å². The maximum atomic E-state index is 12.3. The van der Waals surface area contributed by atoms with Crippen molar-refractivity contribution in [3.63, 3.8) is 0 Å². The number of halogens is 3. The molecule has 1 heterocycles. The van der Waals surface area contributed by atoms with Gasteiger partial charge in [0, 0.05) is 18.7 Å². The quantitative estimate of drug-likeness (QED) is 0.466. The van der Waals surface area contributed by atoms with Crippen molar-refractivity contribution < 1.29 is 9.53 Å². The number of nitrogens with one attached hydrogen (secondary N) is 2. The first-order chi connectivity index (χ1) is 10.9. The van der Waals surface area contributed by atoms with Gasteiger partial charge in [0.2, 0.25) is 3.79 Å². The number of hydrogen-bond acceptors (Lipinski definition) is 3. The van der Waals surface area contributed by atoms with Gasteiger partial charge in [0.15, 0.2) is 5.11 Å². The molecule has 1 fully saturated rings. The number of carbonyl (C=O) groups is 1. The van der Waals surface area contributed by atoms with E-state index >= 15 is 0 Å². The van der Waals surface area contributed by atoms with Gasteiger partial charge in [-0.15, -0.1) is 0 Å². The Kier molecular flexibility index (Phi) is 6.73. The van der Waals surface area contributed by atoms with E-state index in [4.69, 9.17) is 51.8 Å². The van der Waals surface area contributed by atoms with Crippen LogP contribution in [0.5, 0.6) is 0 Å². The first kappa shape index (κ1) is 18.5. The Hall–Kier alpha value is -0.790. The van der Waals surface area contributed by atoms with Crippen LogP contribution in [-0.4, -0.2) is 52.2 Å². The van der Waals surface area contributed by atoms with Crippen molar-refractivity contribution in [2.75, 3.05) is 26.3 Å². The molecule has 2 rings (SSSR count). The van der Waals surface area contributed by atoms with E-state index in [1.807, 2.05) is 11.0 Å². The Labute approximate surface area is 155 Å². The van der Waals surface area contributed by atoms with E-state index in [2.05, 4.69) is 10.6 Å². The standard InChI is InChI=1S/C14H16Cl3N3O2S/c15-14(16,17)12(18-11(21)10-4-2-1-3-5-10)19-13(23)20-6-8-22-9-7-20/h1-5,12H,6-9H2,(H,18,21)(H,19,23)/t12-/m1/s1. The number of alkyl halides is 3. The molecule has 23 heavy (non-hydrogen) atoms. The minimum Gasteiger partial charge on any atom is -0.378 e. The molecule has 0 aromatic heterocycles. The second-order valence-electron chi connectivity index (χ2n) is 4.86. The number of ether oxygens (including phenoxy) is 1. The molecular formula is C14H16Cl3N3O2S. The molecule has 1 saturated heterocycles. The Bertz CT molecular complexity index is 548. The fourth-order valence-electron chi connectivity index (χ4n) is 1.98. The third kappa shape index (κ3) is 5.65. The average Bonchev–Trinajstić information content (AvgIpc) is 2.54. The Morgan fingerprint density at radius 1 is 1.17 bits per heavy atom. The van der Waals surface area contributed by atoms with Crippen LogP contribution in [0.25, 0.3) is 0 Å². The first-order valence-electron chi connectivity index (χ1n) is 6.94. The van der Waals surface area contributed by atoms with Gasteiger partial charge in [0.05, 0.1) is 13.2 Å². The predicted octanol–water partition coefficient (Wildman–Crippen LogP) is 2.32. The fourth-order valence-corrected chi connectivity index (χ4v) is 2.61. The lowest BCUT2D eigenvalue weighted by atomic mass is 10.2. The SMILES string of the molecule is O=C(N[C@H](NC(=S)N1CCOCC1)C(Cl)(Cl)Cl)c1ccccc1. The molecule has 1 aromatic rings. The summed E-state index contributed by atoms with van der Waals surface area (Å²) in [6.45, 7) is 2.45. The normalized spacial score (nSPS) is 16.6. The summed E-state index contributed by atoms with van der Waals surface area (Å²) in [6, 6.07) is 8.67. The second-order valence-corrected chi connectivity index (χ2v) is 7.62. The summed E-state index contributed by atoms with van der Waals surface area (Å²) >= 11 is 23.2. The van der Waals surface area contributed by atoms with E-state index in [0.717, 1.165) is 0 Å². The van der Waals surface area contributed by atoms with Crippen molar-refractivity contribution in [3.05, 3.63) is 35.9 Å². The largest absolute Gasteiger partial charge is 0.378 e. The Morgan fingerprint density at radius 2 is 1.78 bits per heavy atom. The smallest absolute Gasteiger partial charge is 0.252 e. The monoisotopic (exact) mass is 395 g/mol. The number of hydrogen-bond donors (Lipinski definition) is 2. The molecule has 2 N–H and O–H groups in total. The van der Waals surface area contributed by atoms with Crippen LogP contribution in [0, 0.1) is 0 Å². The van der Waals surface area contributed by atoms with Crippen molar-refractivity contribution in [2.45, 2.75) is 9.96 Å².